The molecule has 0 spiro atoms. The lowest BCUT2D eigenvalue weighted by atomic mass is 9.55. The molecule has 6 rings (SSSR count). The first kappa shape index (κ1) is 32.0. The second-order valence-electron chi connectivity index (χ2n) is 13.4. The second-order valence-corrected chi connectivity index (χ2v) is 13.4. The van der Waals surface area contributed by atoms with E-state index in [0.717, 1.165) is 62.3 Å². The number of halogens is 2. The van der Waals surface area contributed by atoms with E-state index < -0.39 is 17.2 Å². The number of hydrogen-bond acceptors (Lipinski definition) is 6. The molecule has 1 N–H and O–H groups in total. The van der Waals surface area contributed by atoms with Crippen LogP contribution in [0.1, 0.15) is 62.0 Å². The van der Waals surface area contributed by atoms with Crippen LogP contribution in [-0.4, -0.2) is 72.1 Å². The summed E-state index contributed by atoms with van der Waals surface area (Å²) >= 11 is 0. The predicted octanol–water partition coefficient (Wildman–Crippen LogP) is 6.17. The molecule has 3 aromatic rings. The van der Waals surface area contributed by atoms with Crippen molar-refractivity contribution in [2.75, 3.05) is 44.7 Å². The summed E-state index contributed by atoms with van der Waals surface area (Å²) in [7, 11) is 1.57. The highest BCUT2D eigenvalue weighted by atomic mass is 19.1. The van der Waals surface area contributed by atoms with Gasteiger partial charge in [0.15, 0.2) is 5.67 Å². The van der Waals surface area contributed by atoms with E-state index >= 15 is 8.78 Å². The number of anilines is 1. The summed E-state index contributed by atoms with van der Waals surface area (Å²) in [5.74, 6) is 0.684. The third-order valence-electron chi connectivity index (χ3n) is 10.9. The van der Waals surface area contributed by atoms with Crippen molar-refractivity contribution in [3.05, 3.63) is 83.7 Å². The molecule has 2 aliphatic heterocycles. The molecule has 3 aliphatic rings. The highest BCUT2D eigenvalue weighted by Crippen LogP contribution is 2.57. The van der Waals surface area contributed by atoms with E-state index in [0.29, 0.717) is 25.2 Å². The van der Waals surface area contributed by atoms with Gasteiger partial charge in [0.05, 0.1) is 24.7 Å². The fourth-order valence-corrected chi connectivity index (χ4v) is 8.88. The van der Waals surface area contributed by atoms with Crippen LogP contribution >= 0.6 is 0 Å². The van der Waals surface area contributed by atoms with E-state index in [4.69, 9.17) is 10.00 Å². The maximum absolute atomic E-state index is 16.0. The average Bonchev–Trinajstić information content (AvgIpc) is 3.69. The number of aryl methyl sites for hydroxylation is 1. The Hall–Kier alpha value is -3.97. The van der Waals surface area contributed by atoms with Crippen LogP contribution in [0.5, 0.6) is 0 Å². The molecule has 1 amide bonds. The number of ether oxygens (including phenoxy) is 1. The molecular weight excluding hydrogens is 586 g/mol. The van der Waals surface area contributed by atoms with Gasteiger partial charge in [-0.25, -0.2) is 18.6 Å². The number of alkyl halides is 1. The van der Waals surface area contributed by atoms with Gasteiger partial charge < -0.3 is 19.5 Å². The van der Waals surface area contributed by atoms with Crippen LogP contribution in [0, 0.1) is 35.9 Å². The first-order valence-electron chi connectivity index (χ1n) is 16.5. The number of nitriles is 1. The number of nitrogens with one attached hydrogen (secondary N) is 1. The molecule has 3 heterocycles. The van der Waals surface area contributed by atoms with Crippen LogP contribution in [0.2, 0.25) is 0 Å². The number of rotatable bonds is 9. The smallest absolute Gasteiger partial charge is 0.407 e. The third kappa shape index (κ3) is 5.97. The molecule has 0 bridgehead atoms. The summed E-state index contributed by atoms with van der Waals surface area (Å²) in [6, 6.07) is 16.3. The monoisotopic (exact) mass is 630 g/mol. The zero-order valence-corrected chi connectivity index (χ0v) is 27.0. The fourth-order valence-electron chi connectivity index (χ4n) is 8.88. The number of benzene rings is 2. The number of carbonyl (C=O) groups is 1. The molecule has 4 atom stereocenters. The number of aromatic nitrogens is 2. The maximum atomic E-state index is 16.0. The number of carbonyl (C=O) groups excluding carboxylic acids is 1. The van der Waals surface area contributed by atoms with Crippen LogP contribution in [0.15, 0.2) is 60.9 Å². The number of hydrogen-bond donors (Lipinski definition) is 1. The molecule has 10 heteroatoms. The van der Waals surface area contributed by atoms with Crippen LogP contribution in [0.4, 0.5) is 19.3 Å². The summed E-state index contributed by atoms with van der Waals surface area (Å²) in [4.78, 5) is 21.3. The SMILES string of the molecule is CNC(=O)OC1CCCC1C(c1cccc(F)c1)(C1CCN(CC2(F)CN(c3ccc(C#N)cc3)C2)CC1)[C@H](C)n1ccnc1C. The lowest BCUT2D eigenvalue weighted by molar-refractivity contribution is -0.0194. The third-order valence-corrected chi connectivity index (χ3v) is 10.9. The molecule has 244 valence electrons. The summed E-state index contributed by atoms with van der Waals surface area (Å²) < 4.78 is 39.3. The van der Waals surface area contributed by atoms with Gasteiger partial charge in [0.25, 0.3) is 0 Å². The fraction of sp³-hybridized carbons (Fsp3) is 0.528. The van der Waals surface area contributed by atoms with Crippen LogP contribution < -0.4 is 10.2 Å². The van der Waals surface area contributed by atoms with Crippen molar-refractivity contribution < 1.29 is 18.3 Å². The van der Waals surface area contributed by atoms with Gasteiger partial charge in [-0.3, -0.25) is 4.90 Å². The van der Waals surface area contributed by atoms with E-state index in [1.165, 1.54) is 6.07 Å². The lowest BCUT2D eigenvalue weighted by Crippen LogP contribution is -2.64. The number of piperidine rings is 1. The van der Waals surface area contributed by atoms with Crippen molar-refractivity contribution >= 4 is 11.8 Å². The highest BCUT2D eigenvalue weighted by molar-refractivity contribution is 5.67. The predicted molar refractivity (Wildman–Crippen MR) is 173 cm³/mol. The Kier molecular flexibility index (Phi) is 9.06. The van der Waals surface area contributed by atoms with Crippen molar-refractivity contribution in [2.45, 2.75) is 69.2 Å². The molecule has 3 unspecified atom stereocenters. The maximum Gasteiger partial charge on any atom is 0.407 e. The minimum atomic E-state index is -1.31. The summed E-state index contributed by atoms with van der Waals surface area (Å²) in [6.45, 7) is 6.66. The van der Waals surface area contributed by atoms with Gasteiger partial charge in [-0.05, 0) is 107 Å². The number of likely N-dealkylation sites (tertiary alicyclic amines) is 1. The first-order chi connectivity index (χ1) is 22.2. The number of imidazole rings is 1. The topological polar surface area (TPSA) is 86.4 Å². The summed E-state index contributed by atoms with van der Waals surface area (Å²) in [5.41, 5.74) is 0.572. The Morgan fingerprint density at radius 3 is 2.54 bits per heavy atom. The van der Waals surface area contributed by atoms with Gasteiger partial charge in [0, 0.05) is 49.0 Å². The molecule has 1 saturated carbocycles. The van der Waals surface area contributed by atoms with Crippen LogP contribution in [-0.2, 0) is 10.2 Å². The molecule has 1 aromatic heterocycles. The Balaban J connectivity index is 1.27. The van der Waals surface area contributed by atoms with Gasteiger partial charge in [0.1, 0.15) is 17.7 Å². The average molecular weight is 631 g/mol. The van der Waals surface area contributed by atoms with Gasteiger partial charge in [-0.2, -0.15) is 5.26 Å². The Morgan fingerprint density at radius 2 is 1.91 bits per heavy atom. The van der Waals surface area contributed by atoms with Crippen molar-refractivity contribution in [1.29, 1.82) is 5.26 Å². The van der Waals surface area contributed by atoms with Crippen molar-refractivity contribution in [3.63, 3.8) is 0 Å². The molecule has 2 saturated heterocycles. The van der Waals surface area contributed by atoms with Gasteiger partial charge in [-0.1, -0.05) is 12.1 Å². The molecule has 46 heavy (non-hydrogen) atoms. The minimum absolute atomic E-state index is 0.0416. The van der Waals surface area contributed by atoms with Crippen molar-refractivity contribution in [1.82, 2.24) is 19.8 Å². The zero-order valence-electron chi connectivity index (χ0n) is 27.0. The number of amides is 1. The summed E-state index contributed by atoms with van der Waals surface area (Å²) in [6.07, 6.45) is 7.19. The lowest BCUT2D eigenvalue weighted by Gasteiger charge is -2.54. The van der Waals surface area contributed by atoms with Gasteiger partial charge in [0.2, 0.25) is 0 Å². The van der Waals surface area contributed by atoms with Crippen molar-refractivity contribution in [2.24, 2.45) is 11.8 Å². The normalized spacial score (nSPS) is 23.6. The molecule has 1 aliphatic carbocycles. The Bertz CT molecular complexity index is 1560. The van der Waals surface area contributed by atoms with Crippen LogP contribution in [0.25, 0.3) is 0 Å². The molecule has 0 radical (unpaired) electrons. The van der Waals surface area contributed by atoms with E-state index in [1.54, 1.807) is 37.5 Å². The second kappa shape index (κ2) is 13.0. The Morgan fingerprint density at radius 1 is 1.17 bits per heavy atom. The van der Waals surface area contributed by atoms with Gasteiger partial charge >= 0.3 is 6.09 Å². The van der Waals surface area contributed by atoms with Crippen LogP contribution in [0.3, 0.4) is 0 Å². The van der Waals surface area contributed by atoms with E-state index in [2.05, 4.69) is 32.8 Å². The van der Waals surface area contributed by atoms with E-state index in [1.807, 2.05) is 36.2 Å². The van der Waals surface area contributed by atoms with Crippen molar-refractivity contribution in [3.8, 4) is 6.07 Å². The highest BCUT2D eigenvalue weighted by Gasteiger charge is 2.56. The van der Waals surface area contributed by atoms with E-state index in [-0.39, 0.29) is 29.8 Å². The summed E-state index contributed by atoms with van der Waals surface area (Å²) in [5, 5.41) is 11.7. The minimum Gasteiger partial charge on any atom is -0.446 e. The molecule has 3 fully saturated rings. The van der Waals surface area contributed by atoms with E-state index in [9.17, 15) is 4.79 Å². The number of nitrogens with zero attached hydrogens (tertiary/aromatic N) is 5. The molecular formula is C36H44F2N6O2. The molecule has 2 aromatic carbocycles. The quantitative estimate of drug-likeness (QED) is 0.305. The van der Waals surface area contributed by atoms with Gasteiger partial charge in [-0.15, -0.1) is 0 Å². The largest absolute Gasteiger partial charge is 0.446 e. The Labute approximate surface area is 270 Å². The standard InChI is InChI=1S/C36H44F2N6O2/c1-25(44-19-16-41-26(44)2)36(29-6-4-7-30(37)20-29,32-8-5-9-33(32)46-34(45)40-3)28-14-17-42(18-15-28)22-35(38)23-43(24-35)31-12-10-27(21-39)11-13-31/h4,6-7,10-13,16,19-20,25,28,32-33H,5,8-9,14-15,17-18,22-24H2,1-3H3,(H,40,45)/t25-,32?,33?,36?/m0/s1. The zero-order chi connectivity index (χ0) is 32.5. The molecule has 8 nitrogen and oxygen atoms in total. The number of alkyl carbamates (subject to hydrolysis) is 1. The first-order valence-corrected chi connectivity index (χ1v) is 16.5.